The molecule has 0 aliphatic carbocycles. The second kappa shape index (κ2) is 7.17. The van der Waals surface area contributed by atoms with Gasteiger partial charge in [0.2, 0.25) is 5.91 Å². The molecule has 5 rings (SSSR count). The van der Waals surface area contributed by atoms with Crippen molar-refractivity contribution in [2.45, 2.75) is 24.5 Å². The Labute approximate surface area is 164 Å². The summed E-state index contributed by atoms with van der Waals surface area (Å²) in [4.78, 5) is 29.1. The zero-order valence-corrected chi connectivity index (χ0v) is 16.1. The minimum absolute atomic E-state index is 0.102. The number of carbonyl (C=O) groups is 2. The fourth-order valence-electron chi connectivity index (χ4n) is 5.59. The molecule has 8 heteroatoms. The molecule has 4 aliphatic rings. The third-order valence-electron chi connectivity index (χ3n) is 6.96. The van der Waals surface area contributed by atoms with Crippen LogP contribution >= 0.6 is 0 Å². The van der Waals surface area contributed by atoms with Gasteiger partial charge in [0, 0.05) is 57.6 Å². The predicted octanol–water partition coefficient (Wildman–Crippen LogP) is -0.0794. The number of furan rings is 1. The lowest BCUT2D eigenvalue weighted by atomic mass is 9.73. The van der Waals surface area contributed by atoms with Gasteiger partial charge in [-0.05, 0) is 18.9 Å². The highest BCUT2D eigenvalue weighted by molar-refractivity contribution is 5.93. The molecule has 0 unspecified atom stereocenters. The van der Waals surface area contributed by atoms with Crippen molar-refractivity contribution in [2.75, 3.05) is 52.4 Å². The van der Waals surface area contributed by atoms with Crippen LogP contribution in [-0.4, -0.2) is 85.7 Å². The summed E-state index contributed by atoms with van der Waals surface area (Å²) in [5.74, 6) is 0.808. The number of piperazine rings is 1. The first kappa shape index (κ1) is 18.1. The molecule has 2 amide bonds. The van der Waals surface area contributed by atoms with Crippen LogP contribution in [-0.2, 0) is 9.53 Å². The number of nitrogens with one attached hydrogen (secondary N) is 2. The van der Waals surface area contributed by atoms with Crippen LogP contribution in [0.3, 0.4) is 0 Å². The summed E-state index contributed by atoms with van der Waals surface area (Å²) in [6.07, 6.45) is 5.30. The molecular weight excluding hydrogens is 360 g/mol. The Bertz CT molecular complexity index is 733. The Morgan fingerprint density at radius 3 is 2.96 bits per heavy atom. The molecule has 4 fully saturated rings. The van der Waals surface area contributed by atoms with Gasteiger partial charge in [0.15, 0.2) is 0 Å². The summed E-state index contributed by atoms with van der Waals surface area (Å²) in [6, 6.07) is 1.67. The van der Waals surface area contributed by atoms with Crippen LogP contribution in [0.1, 0.15) is 23.2 Å². The fraction of sp³-hybridized carbons (Fsp3) is 0.700. The molecule has 5 heterocycles. The van der Waals surface area contributed by atoms with Gasteiger partial charge in [-0.15, -0.1) is 0 Å². The molecule has 28 heavy (non-hydrogen) atoms. The number of fused-ring (bicyclic) bond motifs is 1. The van der Waals surface area contributed by atoms with Crippen LogP contribution in [0, 0.1) is 11.8 Å². The largest absolute Gasteiger partial charge is 0.472 e. The minimum Gasteiger partial charge on any atom is -0.472 e. The van der Waals surface area contributed by atoms with Gasteiger partial charge in [-0.25, -0.2) is 0 Å². The van der Waals surface area contributed by atoms with Gasteiger partial charge in [0.1, 0.15) is 6.26 Å². The zero-order chi connectivity index (χ0) is 19.1. The SMILES string of the molecule is O=C(NC[C@H]1[C@H]2CN(CC(=O)N3CCNCC3)C[C@]23CC[C@H]1O3)c1ccoc1. The van der Waals surface area contributed by atoms with E-state index in [9.17, 15) is 9.59 Å². The van der Waals surface area contributed by atoms with Crippen molar-refractivity contribution in [3.8, 4) is 0 Å². The molecule has 0 saturated carbocycles. The lowest BCUT2D eigenvalue weighted by Gasteiger charge is -2.29. The molecule has 8 nitrogen and oxygen atoms in total. The first-order chi connectivity index (χ1) is 13.6. The Hall–Kier alpha value is -1.90. The van der Waals surface area contributed by atoms with E-state index in [4.69, 9.17) is 9.15 Å². The van der Waals surface area contributed by atoms with E-state index >= 15 is 0 Å². The molecular formula is C20H28N4O4. The number of nitrogens with zero attached hydrogens (tertiary/aromatic N) is 2. The maximum Gasteiger partial charge on any atom is 0.254 e. The summed E-state index contributed by atoms with van der Waals surface area (Å²) < 4.78 is 11.4. The third-order valence-corrected chi connectivity index (χ3v) is 6.96. The van der Waals surface area contributed by atoms with Crippen molar-refractivity contribution < 1.29 is 18.7 Å². The number of likely N-dealkylation sites (tertiary alicyclic amines) is 1. The van der Waals surface area contributed by atoms with Crippen LogP contribution in [0.2, 0.25) is 0 Å². The number of rotatable bonds is 5. The molecule has 4 aliphatic heterocycles. The standard InChI is InChI=1S/C20H28N4O4/c25-18(24-6-4-21-5-7-24)11-23-10-16-15(17-1-3-20(16,13-23)28-17)9-22-19(26)14-2-8-27-12-14/h2,8,12,15-17,21H,1,3-7,9-11,13H2,(H,22,26)/t15-,16+,17+,20+/m0/s1. The van der Waals surface area contributed by atoms with E-state index in [-0.39, 0.29) is 23.5 Å². The molecule has 4 atom stereocenters. The van der Waals surface area contributed by atoms with E-state index in [1.807, 2.05) is 4.90 Å². The van der Waals surface area contributed by atoms with Crippen LogP contribution < -0.4 is 10.6 Å². The summed E-state index contributed by atoms with van der Waals surface area (Å²) >= 11 is 0. The normalized spacial score (nSPS) is 34.6. The van der Waals surface area contributed by atoms with Crippen LogP contribution in [0.4, 0.5) is 0 Å². The van der Waals surface area contributed by atoms with Gasteiger partial charge in [-0.3, -0.25) is 14.5 Å². The van der Waals surface area contributed by atoms with Gasteiger partial charge < -0.3 is 24.7 Å². The predicted molar refractivity (Wildman–Crippen MR) is 101 cm³/mol. The lowest BCUT2D eigenvalue weighted by molar-refractivity contribution is -0.133. The van der Waals surface area contributed by atoms with E-state index in [1.54, 1.807) is 6.07 Å². The van der Waals surface area contributed by atoms with Crippen molar-refractivity contribution in [3.63, 3.8) is 0 Å². The quantitative estimate of drug-likeness (QED) is 0.734. The maximum atomic E-state index is 12.7. The Balaban J connectivity index is 1.20. The second-order valence-corrected chi connectivity index (χ2v) is 8.55. The fourth-order valence-corrected chi connectivity index (χ4v) is 5.59. The van der Waals surface area contributed by atoms with Gasteiger partial charge in [-0.1, -0.05) is 0 Å². The Morgan fingerprint density at radius 1 is 1.32 bits per heavy atom. The average Bonchev–Trinajstić information content (AvgIpc) is 3.47. The number of hydrogen-bond donors (Lipinski definition) is 2. The molecule has 0 radical (unpaired) electrons. The molecule has 2 N–H and O–H groups in total. The monoisotopic (exact) mass is 388 g/mol. The van der Waals surface area contributed by atoms with E-state index in [0.29, 0.717) is 30.5 Å². The summed E-state index contributed by atoms with van der Waals surface area (Å²) in [5.41, 5.74) is 0.424. The van der Waals surface area contributed by atoms with Gasteiger partial charge in [0.05, 0.1) is 30.1 Å². The molecule has 1 aromatic rings. The van der Waals surface area contributed by atoms with Crippen molar-refractivity contribution >= 4 is 11.8 Å². The van der Waals surface area contributed by atoms with E-state index in [2.05, 4.69) is 15.5 Å². The molecule has 1 spiro atoms. The highest BCUT2D eigenvalue weighted by Crippen LogP contribution is 2.54. The molecule has 4 saturated heterocycles. The number of carbonyl (C=O) groups excluding carboxylic acids is 2. The van der Waals surface area contributed by atoms with Crippen LogP contribution in [0.5, 0.6) is 0 Å². The van der Waals surface area contributed by atoms with Gasteiger partial charge >= 0.3 is 0 Å². The van der Waals surface area contributed by atoms with Gasteiger partial charge in [0.25, 0.3) is 5.91 Å². The second-order valence-electron chi connectivity index (χ2n) is 8.55. The van der Waals surface area contributed by atoms with Crippen molar-refractivity contribution in [1.29, 1.82) is 0 Å². The van der Waals surface area contributed by atoms with Crippen molar-refractivity contribution in [2.24, 2.45) is 11.8 Å². The summed E-state index contributed by atoms with van der Waals surface area (Å²) in [5, 5.41) is 6.34. The van der Waals surface area contributed by atoms with E-state index in [1.165, 1.54) is 12.5 Å². The summed E-state index contributed by atoms with van der Waals surface area (Å²) in [6.45, 7) is 6.13. The van der Waals surface area contributed by atoms with Crippen LogP contribution in [0.15, 0.2) is 23.0 Å². The molecule has 1 aromatic heterocycles. The number of hydrogen-bond acceptors (Lipinski definition) is 6. The third kappa shape index (κ3) is 3.13. The highest BCUT2D eigenvalue weighted by atomic mass is 16.5. The Kier molecular flexibility index (Phi) is 4.65. The summed E-state index contributed by atoms with van der Waals surface area (Å²) in [7, 11) is 0. The molecule has 152 valence electrons. The zero-order valence-electron chi connectivity index (χ0n) is 16.1. The maximum absolute atomic E-state index is 12.7. The number of ether oxygens (including phenoxy) is 1. The average molecular weight is 388 g/mol. The topological polar surface area (TPSA) is 87.1 Å². The van der Waals surface area contributed by atoms with E-state index < -0.39 is 0 Å². The number of amides is 2. The minimum atomic E-state index is -0.126. The smallest absolute Gasteiger partial charge is 0.254 e. The molecule has 0 aromatic carbocycles. The lowest BCUT2D eigenvalue weighted by Crippen LogP contribution is -2.49. The van der Waals surface area contributed by atoms with Gasteiger partial charge in [-0.2, -0.15) is 0 Å². The van der Waals surface area contributed by atoms with E-state index in [0.717, 1.165) is 52.1 Å². The highest BCUT2D eigenvalue weighted by Gasteiger charge is 2.62. The first-order valence-corrected chi connectivity index (χ1v) is 10.3. The van der Waals surface area contributed by atoms with Crippen LogP contribution in [0.25, 0.3) is 0 Å². The van der Waals surface area contributed by atoms with Crippen molar-refractivity contribution in [1.82, 2.24) is 20.4 Å². The Morgan fingerprint density at radius 2 is 2.18 bits per heavy atom. The first-order valence-electron chi connectivity index (χ1n) is 10.3. The van der Waals surface area contributed by atoms with Crippen molar-refractivity contribution in [3.05, 3.63) is 24.2 Å². The molecule has 2 bridgehead atoms.